The predicted octanol–water partition coefficient (Wildman–Crippen LogP) is 0.566. The number of hydrogen-bond acceptors (Lipinski definition) is 5. The molecule has 0 unspecified atom stereocenters. The minimum absolute atomic E-state index is 0.00717. The molecule has 2 aromatic rings. The number of fused-ring (bicyclic) bond motifs is 1. The summed E-state index contributed by atoms with van der Waals surface area (Å²) < 4.78 is 2.95. The average Bonchev–Trinajstić information content (AvgIpc) is 2.81. The Kier molecular flexibility index (Phi) is 4.86. The number of nitrogens with one attached hydrogen (secondary N) is 1. The van der Waals surface area contributed by atoms with E-state index in [9.17, 15) is 14.4 Å². The fourth-order valence-corrected chi connectivity index (χ4v) is 2.87. The normalized spacial score (nSPS) is 11.5. The fourth-order valence-electron chi connectivity index (χ4n) is 1.93. The second kappa shape index (κ2) is 6.65. The van der Waals surface area contributed by atoms with E-state index in [4.69, 9.17) is 5.11 Å². The second-order valence-electron chi connectivity index (χ2n) is 4.56. The van der Waals surface area contributed by atoms with Crippen LogP contribution < -0.4 is 11.2 Å². The predicted molar refractivity (Wildman–Crippen MR) is 83.4 cm³/mol. The minimum atomic E-state index is -0.895. The van der Waals surface area contributed by atoms with Crippen LogP contribution in [0.4, 0.5) is 0 Å². The summed E-state index contributed by atoms with van der Waals surface area (Å²) in [6, 6.07) is 0. The number of aliphatic carboxylic acids is 1. The van der Waals surface area contributed by atoms with Gasteiger partial charge in [-0.25, -0.2) is 9.78 Å². The minimum Gasteiger partial charge on any atom is -0.481 e. The number of hydrogen-bond donors (Lipinski definition) is 2. The Hall–Kier alpha value is -2.29. The smallest absolute Gasteiger partial charge is 0.329 e. The molecular weight excluding hydrogens is 308 g/mol. The SMILES string of the molecule is C/C=C/Cn1c(SCCC(=O)O)nc2c1c(=O)[nH]c(=O)n2C. The lowest BCUT2D eigenvalue weighted by molar-refractivity contribution is -0.136. The lowest BCUT2D eigenvalue weighted by Crippen LogP contribution is -2.29. The van der Waals surface area contributed by atoms with Gasteiger partial charge in [-0.3, -0.25) is 19.1 Å². The van der Waals surface area contributed by atoms with E-state index >= 15 is 0 Å². The summed E-state index contributed by atoms with van der Waals surface area (Å²) in [4.78, 5) is 40.9. The monoisotopic (exact) mass is 324 g/mol. The molecule has 118 valence electrons. The molecule has 22 heavy (non-hydrogen) atoms. The number of allylic oxidation sites excluding steroid dienone is 2. The van der Waals surface area contributed by atoms with Crippen LogP contribution in [-0.2, 0) is 18.4 Å². The Bertz CT molecular complexity index is 846. The molecular formula is C13H16N4O4S. The highest BCUT2D eigenvalue weighted by Crippen LogP contribution is 2.22. The van der Waals surface area contributed by atoms with Crippen LogP contribution in [0.25, 0.3) is 11.2 Å². The molecule has 2 N–H and O–H groups in total. The molecule has 2 aromatic heterocycles. The summed E-state index contributed by atoms with van der Waals surface area (Å²) in [5, 5.41) is 9.23. The Morgan fingerprint density at radius 2 is 2.18 bits per heavy atom. The van der Waals surface area contributed by atoms with Crippen LogP contribution in [-0.4, -0.2) is 35.9 Å². The number of carboxylic acid groups (broad SMARTS) is 1. The molecule has 2 rings (SSSR count). The second-order valence-corrected chi connectivity index (χ2v) is 5.62. The average molecular weight is 324 g/mol. The van der Waals surface area contributed by atoms with Crippen LogP contribution >= 0.6 is 11.8 Å². The van der Waals surface area contributed by atoms with Gasteiger partial charge in [0.05, 0.1) is 6.42 Å². The summed E-state index contributed by atoms with van der Waals surface area (Å²) in [6.45, 7) is 2.28. The maximum absolute atomic E-state index is 12.1. The lowest BCUT2D eigenvalue weighted by Gasteiger charge is -2.04. The molecule has 9 heteroatoms. The van der Waals surface area contributed by atoms with Gasteiger partial charge in [-0.15, -0.1) is 0 Å². The summed E-state index contributed by atoms with van der Waals surface area (Å²) >= 11 is 1.24. The molecule has 2 heterocycles. The number of aromatic amines is 1. The van der Waals surface area contributed by atoms with Crippen LogP contribution in [0.3, 0.4) is 0 Å². The summed E-state index contributed by atoms with van der Waals surface area (Å²) in [5.74, 6) is -0.561. The number of thioether (sulfide) groups is 1. The van der Waals surface area contributed by atoms with Crippen molar-refractivity contribution in [3.63, 3.8) is 0 Å². The quantitative estimate of drug-likeness (QED) is 0.593. The fraction of sp³-hybridized carbons (Fsp3) is 0.385. The maximum atomic E-state index is 12.1. The summed E-state index contributed by atoms with van der Waals surface area (Å²) in [7, 11) is 1.53. The van der Waals surface area contributed by atoms with E-state index in [1.54, 1.807) is 4.57 Å². The van der Waals surface area contributed by atoms with Gasteiger partial charge in [-0.1, -0.05) is 23.9 Å². The zero-order valence-electron chi connectivity index (χ0n) is 12.2. The van der Waals surface area contributed by atoms with Crippen LogP contribution in [0.15, 0.2) is 26.9 Å². The van der Waals surface area contributed by atoms with Crippen molar-refractivity contribution in [2.45, 2.75) is 25.0 Å². The van der Waals surface area contributed by atoms with Crippen molar-refractivity contribution in [1.29, 1.82) is 0 Å². The number of nitrogens with zero attached hydrogens (tertiary/aromatic N) is 3. The number of carbonyl (C=O) groups is 1. The van der Waals surface area contributed by atoms with Crippen LogP contribution in [0.1, 0.15) is 13.3 Å². The molecule has 0 amide bonds. The third-order valence-corrected chi connectivity index (χ3v) is 4.02. The number of aromatic nitrogens is 4. The van der Waals surface area contributed by atoms with Gasteiger partial charge in [-0.2, -0.15) is 0 Å². The van der Waals surface area contributed by atoms with Crippen molar-refractivity contribution in [3.05, 3.63) is 33.0 Å². The largest absolute Gasteiger partial charge is 0.481 e. The molecule has 0 aliphatic heterocycles. The molecule has 0 aliphatic rings. The third kappa shape index (κ3) is 3.14. The van der Waals surface area contributed by atoms with Gasteiger partial charge < -0.3 is 9.67 Å². The highest BCUT2D eigenvalue weighted by molar-refractivity contribution is 7.99. The standard InChI is InChI=1S/C13H16N4O4S/c1-3-4-6-17-9-10(16(2)12(21)15-11(9)20)14-13(17)22-7-5-8(18)19/h3-4H,5-7H2,1-2H3,(H,18,19)(H,15,20,21)/b4-3+. The molecule has 8 nitrogen and oxygen atoms in total. The Balaban J connectivity index is 2.56. The summed E-state index contributed by atoms with van der Waals surface area (Å²) in [6.07, 6.45) is 3.69. The molecule has 0 atom stereocenters. The van der Waals surface area contributed by atoms with E-state index in [1.165, 1.54) is 23.4 Å². The zero-order chi connectivity index (χ0) is 16.3. The number of aryl methyl sites for hydroxylation is 1. The Morgan fingerprint density at radius 1 is 1.45 bits per heavy atom. The van der Waals surface area contributed by atoms with Crippen LogP contribution in [0, 0.1) is 0 Å². The van der Waals surface area contributed by atoms with Gasteiger partial charge in [0.25, 0.3) is 5.56 Å². The topological polar surface area (TPSA) is 110 Å². The van der Waals surface area contributed by atoms with Crippen LogP contribution in [0.2, 0.25) is 0 Å². The molecule has 0 saturated carbocycles. The van der Waals surface area contributed by atoms with Crippen molar-refractivity contribution in [1.82, 2.24) is 19.1 Å². The number of imidazole rings is 1. The first-order valence-corrected chi connectivity index (χ1v) is 7.59. The zero-order valence-corrected chi connectivity index (χ0v) is 13.0. The molecule has 0 aliphatic carbocycles. The van der Waals surface area contributed by atoms with Gasteiger partial charge in [0.2, 0.25) is 0 Å². The Labute approximate surface area is 129 Å². The van der Waals surface area contributed by atoms with Gasteiger partial charge in [0.15, 0.2) is 16.3 Å². The first-order chi connectivity index (χ1) is 10.5. The number of H-pyrrole nitrogens is 1. The van der Waals surface area contributed by atoms with Crippen molar-refractivity contribution in [2.75, 3.05) is 5.75 Å². The first-order valence-electron chi connectivity index (χ1n) is 6.61. The maximum Gasteiger partial charge on any atom is 0.329 e. The molecule has 0 spiro atoms. The molecule has 0 aromatic carbocycles. The van der Waals surface area contributed by atoms with E-state index in [0.29, 0.717) is 23.0 Å². The van der Waals surface area contributed by atoms with E-state index < -0.39 is 17.2 Å². The number of carboxylic acids is 1. The Morgan fingerprint density at radius 3 is 2.82 bits per heavy atom. The lowest BCUT2D eigenvalue weighted by atomic mass is 10.4. The molecule has 0 radical (unpaired) electrons. The highest BCUT2D eigenvalue weighted by Gasteiger charge is 2.17. The van der Waals surface area contributed by atoms with Gasteiger partial charge >= 0.3 is 11.7 Å². The van der Waals surface area contributed by atoms with Gasteiger partial charge in [-0.05, 0) is 6.92 Å². The first kappa shape index (κ1) is 16.1. The third-order valence-electron chi connectivity index (χ3n) is 3.04. The molecule has 0 bridgehead atoms. The van der Waals surface area contributed by atoms with E-state index in [1.807, 2.05) is 19.1 Å². The van der Waals surface area contributed by atoms with Crippen molar-refractivity contribution < 1.29 is 9.90 Å². The van der Waals surface area contributed by atoms with Gasteiger partial charge in [0, 0.05) is 19.3 Å². The van der Waals surface area contributed by atoms with Crippen LogP contribution in [0.5, 0.6) is 0 Å². The van der Waals surface area contributed by atoms with Crippen molar-refractivity contribution in [2.24, 2.45) is 7.05 Å². The van der Waals surface area contributed by atoms with E-state index in [2.05, 4.69) is 9.97 Å². The van der Waals surface area contributed by atoms with Crippen molar-refractivity contribution in [3.8, 4) is 0 Å². The number of rotatable bonds is 6. The van der Waals surface area contributed by atoms with E-state index in [0.717, 1.165) is 0 Å². The van der Waals surface area contributed by atoms with Crippen molar-refractivity contribution >= 4 is 28.9 Å². The molecule has 0 saturated heterocycles. The van der Waals surface area contributed by atoms with E-state index in [-0.39, 0.29) is 12.1 Å². The molecule has 0 fully saturated rings. The highest BCUT2D eigenvalue weighted by atomic mass is 32.2. The van der Waals surface area contributed by atoms with Gasteiger partial charge in [0.1, 0.15) is 0 Å². The summed E-state index contributed by atoms with van der Waals surface area (Å²) in [5.41, 5.74) is -0.440.